The number of esters is 1. The molecule has 0 aliphatic heterocycles. The number of hydrogen-bond acceptors (Lipinski definition) is 5. The normalized spacial score (nSPS) is 19.8. The lowest BCUT2D eigenvalue weighted by Crippen LogP contribution is -2.49. The highest BCUT2D eigenvalue weighted by Crippen LogP contribution is 2.28. The van der Waals surface area contributed by atoms with Gasteiger partial charge in [0.2, 0.25) is 0 Å². The van der Waals surface area contributed by atoms with Crippen molar-refractivity contribution in [2.24, 2.45) is 5.92 Å². The van der Waals surface area contributed by atoms with Crippen LogP contribution in [0, 0.1) is 5.92 Å². The van der Waals surface area contributed by atoms with Gasteiger partial charge in [0.15, 0.2) is 0 Å². The van der Waals surface area contributed by atoms with Crippen molar-refractivity contribution in [2.75, 3.05) is 6.61 Å². The van der Waals surface area contributed by atoms with Crippen molar-refractivity contribution in [1.29, 1.82) is 0 Å². The first-order valence-electron chi connectivity index (χ1n) is 6.90. The molecule has 1 saturated carbocycles. The van der Waals surface area contributed by atoms with Gasteiger partial charge in [0.25, 0.3) is 0 Å². The van der Waals surface area contributed by atoms with Crippen LogP contribution in [0.25, 0.3) is 0 Å². The van der Waals surface area contributed by atoms with Crippen LogP contribution >= 0.6 is 0 Å². The van der Waals surface area contributed by atoms with Crippen LogP contribution in [0.3, 0.4) is 0 Å². The minimum atomic E-state index is -0.623. The molecule has 1 fully saturated rings. The predicted octanol–water partition coefficient (Wildman–Crippen LogP) is 1.81. The van der Waals surface area contributed by atoms with Crippen LogP contribution in [0.1, 0.15) is 47.0 Å². The van der Waals surface area contributed by atoms with E-state index in [9.17, 15) is 14.4 Å². The highest BCUT2D eigenvalue weighted by atomic mass is 16.6. The summed E-state index contributed by atoms with van der Waals surface area (Å²) in [7, 11) is 0. The third-order valence-electron chi connectivity index (χ3n) is 3.00. The van der Waals surface area contributed by atoms with E-state index in [-0.39, 0.29) is 24.7 Å². The van der Waals surface area contributed by atoms with E-state index in [0.29, 0.717) is 12.8 Å². The van der Waals surface area contributed by atoms with Crippen molar-refractivity contribution in [2.45, 2.75) is 58.6 Å². The molecule has 0 aromatic heterocycles. The highest BCUT2D eigenvalue weighted by molar-refractivity contribution is 5.88. The molecule has 1 amide bonds. The average Bonchev–Trinajstić information content (AvgIpc) is 2.24. The zero-order valence-electron chi connectivity index (χ0n) is 12.5. The molecule has 114 valence electrons. The summed E-state index contributed by atoms with van der Waals surface area (Å²) >= 11 is 0. The van der Waals surface area contributed by atoms with Gasteiger partial charge in [-0.1, -0.05) is 0 Å². The lowest BCUT2D eigenvalue weighted by atomic mass is 9.77. The SMILES string of the molecule is CCOC(=O)CC(NC(=O)OC(C)(C)C)C1CCC1=O. The van der Waals surface area contributed by atoms with E-state index in [1.807, 2.05) is 0 Å². The van der Waals surface area contributed by atoms with Crippen LogP contribution in [0.2, 0.25) is 0 Å². The second-order valence-corrected chi connectivity index (χ2v) is 5.87. The summed E-state index contributed by atoms with van der Waals surface area (Å²) in [5.74, 6) is -0.671. The van der Waals surface area contributed by atoms with E-state index in [2.05, 4.69) is 5.32 Å². The maximum absolute atomic E-state index is 11.8. The van der Waals surface area contributed by atoms with Crippen LogP contribution in [-0.2, 0) is 19.1 Å². The molecule has 20 heavy (non-hydrogen) atoms. The molecule has 0 spiro atoms. The number of rotatable bonds is 5. The maximum Gasteiger partial charge on any atom is 0.407 e. The molecule has 0 bridgehead atoms. The van der Waals surface area contributed by atoms with Crippen molar-refractivity contribution in [1.82, 2.24) is 5.32 Å². The topological polar surface area (TPSA) is 81.7 Å². The summed E-state index contributed by atoms with van der Waals surface area (Å²) in [6, 6.07) is -0.551. The van der Waals surface area contributed by atoms with Gasteiger partial charge in [-0.25, -0.2) is 4.79 Å². The van der Waals surface area contributed by atoms with Gasteiger partial charge in [0.1, 0.15) is 11.4 Å². The van der Waals surface area contributed by atoms with Crippen molar-refractivity contribution in [3.05, 3.63) is 0 Å². The molecule has 1 aliphatic rings. The molecule has 0 saturated heterocycles. The van der Waals surface area contributed by atoms with E-state index >= 15 is 0 Å². The smallest absolute Gasteiger partial charge is 0.407 e. The van der Waals surface area contributed by atoms with Crippen LogP contribution in [0.4, 0.5) is 4.79 Å². The Kier molecular flexibility index (Phi) is 5.53. The zero-order valence-corrected chi connectivity index (χ0v) is 12.5. The summed E-state index contributed by atoms with van der Waals surface area (Å²) in [6.07, 6.45) is 0.550. The molecule has 0 heterocycles. The Bertz CT molecular complexity index is 386. The lowest BCUT2D eigenvalue weighted by Gasteiger charge is -2.32. The van der Waals surface area contributed by atoms with Crippen molar-refractivity contribution < 1.29 is 23.9 Å². The molecular formula is C14H23NO5. The number of ether oxygens (including phenoxy) is 2. The third kappa shape index (κ3) is 5.19. The number of hydrogen-bond donors (Lipinski definition) is 1. The van der Waals surface area contributed by atoms with Gasteiger partial charge in [-0.05, 0) is 34.1 Å². The van der Waals surface area contributed by atoms with Gasteiger partial charge < -0.3 is 14.8 Å². The molecule has 1 aliphatic carbocycles. The second kappa shape index (κ2) is 6.72. The van der Waals surface area contributed by atoms with E-state index in [0.717, 1.165) is 0 Å². The fraction of sp³-hybridized carbons (Fsp3) is 0.786. The molecule has 2 atom stereocenters. The van der Waals surface area contributed by atoms with E-state index in [4.69, 9.17) is 9.47 Å². The summed E-state index contributed by atoms with van der Waals surface area (Å²) in [4.78, 5) is 34.8. The molecule has 2 unspecified atom stereocenters. The maximum atomic E-state index is 11.8. The van der Waals surface area contributed by atoms with Gasteiger partial charge in [0.05, 0.1) is 19.1 Å². The fourth-order valence-electron chi connectivity index (χ4n) is 2.01. The lowest BCUT2D eigenvalue weighted by molar-refractivity contribution is -0.144. The molecule has 0 aromatic rings. The number of ketones is 1. The van der Waals surface area contributed by atoms with Crippen molar-refractivity contribution in [3.8, 4) is 0 Å². The highest BCUT2D eigenvalue weighted by Gasteiger charge is 2.38. The Hall–Kier alpha value is -1.59. The van der Waals surface area contributed by atoms with Crippen LogP contribution in [0.15, 0.2) is 0 Å². The number of amides is 1. The Morgan fingerprint density at radius 1 is 1.40 bits per heavy atom. The third-order valence-corrected chi connectivity index (χ3v) is 3.00. The largest absolute Gasteiger partial charge is 0.466 e. The van der Waals surface area contributed by atoms with E-state index in [1.165, 1.54) is 0 Å². The van der Waals surface area contributed by atoms with E-state index < -0.39 is 23.7 Å². The summed E-state index contributed by atoms with van der Waals surface area (Å²) in [5.41, 5.74) is -0.623. The van der Waals surface area contributed by atoms with Gasteiger partial charge in [-0.2, -0.15) is 0 Å². The van der Waals surface area contributed by atoms with Gasteiger partial charge in [-0.15, -0.1) is 0 Å². The standard InChI is InChI=1S/C14H23NO5/c1-5-19-12(17)8-10(9-6-7-11(9)16)15-13(18)20-14(2,3)4/h9-10H,5-8H2,1-4H3,(H,15,18). The van der Waals surface area contributed by atoms with Gasteiger partial charge in [0, 0.05) is 12.3 Å². The number of carbonyl (C=O) groups is 3. The van der Waals surface area contributed by atoms with Gasteiger partial charge in [-0.3, -0.25) is 9.59 Å². The molecule has 0 aromatic carbocycles. The summed E-state index contributed by atoms with van der Waals surface area (Å²) in [5, 5.41) is 2.61. The Morgan fingerprint density at radius 3 is 2.45 bits per heavy atom. The number of nitrogens with one attached hydrogen (secondary N) is 1. The monoisotopic (exact) mass is 285 g/mol. The summed E-state index contributed by atoms with van der Waals surface area (Å²) < 4.78 is 10.0. The van der Waals surface area contributed by atoms with Crippen LogP contribution in [0.5, 0.6) is 0 Å². The van der Waals surface area contributed by atoms with E-state index in [1.54, 1.807) is 27.7 Å². The Balaban J connectivity index is 2.61. The first kappa shape index (κ1) is 16.5. The number of alkyl carbamates (subject to hydrolysis) is 1. The predicted molar refractivity (Wildman–Crippen MR) is 72.1 cm³/mol. The van der Waals surface area contributed by atoms with Gasteiger partial charge >= 0.3 is 12.1 Å². The average molecular weight is 285 g/mol. The molecule has 6 heteroatoms. The van der Waals surface area contributed by atoms with Crippen LogP contribution in [-0.4, -0.2) is 36.1 Å². The van der Waals surface area contributed by atoms with Crippen molar-refractivity contribution in [3.63, 3.8) is 0 Å². The first-order chi connectivity index (χ1) is 9.23. The summed E-state index contributed by atoms with van der Waals surface area (Å²) in [6.45, 7) is 7.24. The molecule has 1 rings (SSSR count). The Morgan fingerprint density at radius 2 is 2.05 bits per heavy atom. The van der Waals surface area contributed by atoms with Crippen LogP contribution < -0.4 is 5.32 Å². The molecule has 0 radical (unpaired) electrons. The number of carbonyl (C=O) groups excluding carboxylic acids is 3. The minimum absolute atomic E-state index is 0.0104. The first-order valence-corrected chi connectivity index (χ1v) is 6.90. The minimum Gasteiger partial charge on any atom is -0.466 e. The molecule has 1 N–H and O–H groups in total. The Labute approximate surface area is 119 Å². The van der Waals surface area contributed by atoms with Crippen molar-refractivity contribution >= 4 is 17.8 Å². The zero-order chi connectivity index (χ0) is 15.3. The number of Topliss-reactive ketones (excluding diaryl/α,β-unsaturated/α-hetero) is 1. The molecular weight excluding hydrogens is 262 g/mol. The fourth-order valence-corrected chi connectivity index (χ4v) is 2.01. The quantitative estimate of drug-likeness (QED) is 0.779. The second-order valence-electron chi connectivity index (χ2n) is 5.87. The molecule has 6 nitrogen and oxygen atoms in total.